The molecule has 1 aliphatic heterocycles. The molecule has 1 spiro atoms. The minimum atomic E-state index is -0.903. The zero-order chi connectivity index (χ0) is 22.3. The Morgan fingerprint density at radius 2 is 2.00 bits per heavy atom. The van der Waals surface area contributed by atoms with Crippen molar-refractivity contribution in [2.45, 2.75) is 38.1 Å². The van der Waals surface area contributed by atoms with Gasteiger partial charge in [-0.25, -0.2) is 9.37 Å². The van der Waals surface area contributed by atoms with Gasteiger partial charge in [0.15, 0.2) is 5.11 Å². The van der Waals surface area contributed by atoms with E-state index in [2.05, 4.69) is 10.3 Å². The van der Waals surface area contributed by atoms with Gasteiger partial charge < -0.3 is 10.2 Å². The summed E-state index contributed by atoms with van der Waals surface area (Å²) in [5.74, 6) is -1.40. The van der Waals surface area contributed by atoms with E-state index in [1.807, 2.05) is 6.07 Å². The summed E-state index contributed by atoms with van der Waals surface area (Å²) in [7, 11) is 1.43. The fourth-order valence-corrected chi connectivity index (χ4v) is 4.89. The lowest BCUT2D eigenvalue weighted by atomic mass is 9.94. The van der Waals surface area contributed by atoms with Crippen molar-refractivity contribution in [3.63, 3.8) is 0 Å². The minimum Gasteiger partial charge on any atom is -0.355 e. The zero-order valence-electron chi connectivity index (χ0n) is 17.1. The third kappa shape index (κ3) is 3.15. The summed E-state index contributed by atoms with van der Waals surface area (Å²) in [4.78, 5) is 32.8. The van der Waals surface area contributed by atoms with Crippen molar-refractivity contribution in [1.82, 2.24) is 10.3 Å². The normalized spacial score (nSPS) is 17.4. The van der Waals surface area contributed by atoms with Gasteiger partial charge in [0.1, 0.15) is 23.1 Å². The van der Waals surface area contributed by atoms with Crippen LogP contribution in [0.3, 0.4) is 0 Å². The van der Waals surface area contributed by atoms with Gasteiger partial charge in [0.05, 0.1) is 17.4 Å². The van der Waals surface area contributed by atoms with Crippen LogP contribution in [0.5, 0.6) is 0 Å². The number of carbonyl (C=O) groups is 2. The molecule has 1 aliphatic carbocycles. The number of aryl methyl sites for hydroxylation is 1. The van der Waals surface area contributed by atoms with Crippen LogP contribution < -0.4 is 15.1 Å². The fraction of sp³-hybridized carbons (Fsp3) is 0.318. The molecule has 0 bridgehead atoms. The molecule has 158 valence electrons. The number of halogens is 1. The summed E-state index contributed by atoms with van der Waals surface area (Å²) in [6.07, 6.45) is 4.33. The molecule has 1 N–H and O–H groups in total. The van der Waals surface area contributed by atoms with Gasteiger partial charge in [0, 0.05) is 12.7 Å². The third-order valence-electron chi connectivity index (χ3n) is 5.95. The first-order chi connectivity index (χ1) is 14.8. The molecule has 2 aromatic rings. The molecule has 2 aliphatic rings. The zero-order valence-corrected chi connectivity index (χ0v) is 17.9. The van der Waals surface area contributed by atoms with Gasteiger partial charge in [0.2, 0.25) is 0 Å². The predicted molar refractivity (Wildman–Crippen MR) is 117 cm³/mol. The molecule has 4 rings (SSSR count). The van der Waals surface area contributed by atoms with Crippen molar-refractivity contribution in [2.75, 3.05) is 16.8 Å². The number of benzene rings is 1. The Morgan fingerprint density at radius 1 is 1.29 bits per heavy atom. The summed E-state index contributed by atoms with van der Waals surface area (Å²) >= 11 is 5.70. The first-order valence-corrected chi connectivity index (χ1v) is 10.3. The van der Waals surface area contributed by atoms with E-state index < -0.39 is 17.3 Å². The Bertz CT molecular complexity index is 1150. The molecular formula is C22H20FN5O2S. The SMILES string of the molecule is CNC(=O)c1ccc(N2C(=S)N(c3cnc(C#N)c(C)c3)C(=O)C23CCCC3)cc1F. The predicted octanol–water partition coefficient (Wildman–Crippen LogP) is 3.21. The third-order valence-corrected chi connectivity index (χ3v) is 6.32. The number of thiocarbonyl (C=S) groups is 1. The number of aromatic nitrogens is 1. The van der Waals surface area contributed by atoms with Crippen molar-refractivity contribution < 1.29 is 14.0 Å². The number of hydrogen-bond acceptors (Lipinski definition) is 5. The average Bonchev–Trinajstić information content (AvgIpc) is 3.31. The summed E-state index contributed by atoms with van der Waals surface area (Å²) in [6.45, 7) is 1.74. The van der Waals surface area contributed by atoms with Crippen LogP contribution in [0.2, 0.25) is 0 Å². The lowest BCUT2D eigenvalue weighted by Gasteiger charge is -2.32. The second-order valence-electron chi connectivity index (χ2n) is 7.71. The van der Waals surface area contributed by atoms with Gasteiger partial charge in [0.25, 0.3) is 11.8 Å². The topological polar surface area (TPSA) is 89.3 Å². The molecule has 1 saturated heterocycles. The highest BCUT2D eigenvalue weighted by Gasteiger charge is 2.57. The van der Waals surface area contributed by atoms with Crippen LogP contribution in [-0.2, 0) is 4.79 Å². The molecule has 0 unspecified atom stereocenters. The van der Waals surface area contributed by atoms with E-state index in [0.29, 0.717) is 29.8 Å². The summed E-state index contributed by atoms with van der Waals surface area (Å²) in [5.41, 5.74) is 0.830. The van der Waals surface area contributed by atoms with Gasteiger partial charge in [-0.2, -0.15) is 5.26 Å². The van der Waals surface area contributed by atoms with Gasteiger partial charge >= 0.3 is 0 Å². The molecule has 31 heavy (non-hydrogen) atoms. The van der Waals surface area contributed by atoms with Crippen molar-refractivity contribution in [1.29, 1.82) is 5.26 Å². The maximum atomic E-state index is 14.7. The minimum absolute atomic E-state index is 0.0769. The molecule has 1 aromatic heterocycles. The largest absolute Gasteiger partial charge is 0.355 e. The number of rotatable bonds is 3. The second-order valence-corrected chi connectivity index (χ2v) is 8.08. The van der Waals surface area contributed by atoms with Crippen molar-refractivity contribution in [2.24, 2.45) is 0 Å². The summed E-state index contributed by atoms with van der Waals surface area (Å²) in [5, 5.41) is 11.8. The van der Waals surface area contributed by atoms with Crippen molar-refractivity contribution >= 4 is 40.5 Å². The highest BCUT2D eigenvalue weighted by atomic mass is 32.1. The van der Waals surface area contributed by atoms with Gasteiger partial charge in [-0.3, -0.25) is 14.5 Å². The fourth-order valence-electron chi connectivity index (χ4n) is 4.42. The van der Waals surface area contributed by atoms with E-state index in [1.165, 1.54) is 30.3 Å². The lowest BCUT2D eigenvalue weighted by molar-refractivity contribution is -0.121. The number of amides is 2. The number of hydrogen-bond donors (Lipinski definition) is 1. The molecule has 1 aromatic carbocycles. The molecule has 2 fully saturated rings. The van der Waals surface area contributed by atoms with Crippen LogP contribution in [-0.4, -0.2) is 34.5 Å². The van der Waals surface area contributed by atoms with Crippen LogP contribution >= 0.6 is 12.2 Å². The highest BCUT2D eigenvalue weighted by molar-refractivity contribution is 7.81. The van der Waals surface area contributed by atoms with Gasteiger partial charge in [-0.15, -0.1) is 0 Å². The molecule has 7 nitrogen and oxygen atoms in total. The van der Waals surface area contributed by atoms with Gasteiger partial charge in [-0.05, 0) is 61.8 Å². The monoisotopic (exact) mass is 437 g/mol. The smallest absolute Gasteiger partial charge is 0.259 e. The molecular weight excluding hydrogens is 417 g/mol. The Kier molecular flexibility index (Phi) is 5.19. The Labute approximate surface area is 184 Å². The standard InChI is InChI=1S/C22H20FN5O2S/c1-13-9-15(12-26-18(13)11-24)27-20(30)22(7-3-4-8-22)28(21(27)31)14-5-6-16(17(23)10-14)19(29)25-2/h5-6,9-10,12H,3-4,7-8H2,1-2H3,(H,25,29). The van der Waals surface area contributed by atoms with Crippen LogP contribution in [0.4, 0.5) is 15.8 Å². The van der Waals surface area contributed by atoms with Crippen molar-refractivity contribution in [3.8, 4) is 6.07 Å². The number of nitriles is 1. The highest BCUT2D eigenvalue weighted by Crippen LogP contribution is 2.46. The number of nitrogens with one attached hydrogen (secondary N) is 1. The molecule has 9 heteroatoms. The summed E-state index contributed by atoms with van der Waals surface area (Å²) in [6, 6.07) is 7.97. The number of nitrogens with zero attached hydrogens (tertiary/aromatic N) is 4. The quantitative estimate of drug-likeness (QED) is 0.742. The van der Waals surface area contributed by atoms with Crippen LogP contribution in [0.1, 0.15) is 47.3 Å². The molecule has 2 amide bonds. The molecule has 2 heterocycles. The van der Waals surface area contributed by atoms with E-state index in [1.54, 1.807) is 24.0 Å². The first-order valence-electron chi connectivity index (χ1n) is 9.91. The van der Waals surface area contributed by atoms with Crippen LogP contribution in [0.15, 0.2) is 30.5 Å². The van der Waals surface area contributed by atoms with E-state index in [0.717, 1.165) is 12.8 Å². The maximum Gasteiger partial charge on any atom is 0.259 e. The summed E-state index contributed by atoms with van der Waals surface area (Å²) < 4.78 is 14.7. The van der Waals surface area contributed by atoms with E-state index in [4.69, 9.17) is 17.5 Å². The van der Waals surface area contributed by atoms with Crippen LogP contribution in [0.25, 0.3) is 0 Å². The molecule has 0 atom stereocenters. The van der Waals surface area contributed by atoms with E-state index >= 15 is 0 Å². The number of pyridine rings is 1. The Hall–Kier alpha value is -3.38. The number of carbonyl (C=O) groups excluding carboxylic acids is 2. The van der Waals surface area contributed by atoms with E-state index in [-0.39, 0.29) is 22.3 Å². The first kappa shape index (κ1) is 20.9. The van der Waals surface area contributed by atoms with Crippen molar-refractivity contribution in [3.05, 3.63) is 53.1 Å². The Balaban J connectivity index is 1.81. The molecule has 1 saturated carbocycles. The lowest BCUT2D eigenvalue weighted by Crippen LogP contribution is -2.47. The maximum absolute atomic E-state index is 14.7. The van der Waals surface area contributed by atoms with Crippen LogP contribution in [0, 0.1) is 24.1 Å². The van der Waals surface area contributed by atoms with Gasteiger partial charge in [-0.1, -0.05) is 12.8 Å². The average molecular weight is 438 g/mol. The van der Waals surface area contributed by atoms with E-state index in [9.17, 15) is 14.0 Å². The second kappa shape index (κ2) is 7.71. The Morgan fingerprint density at radius 3 is 2.58 bits per heavy atom. The molecule has 0 radical (unpaired) electrons. The number of anilines is 2.